The number of methoxy groups -OCH3 is 1. The first kappa shape index (κ1) is 23.3. The van der Waals surface area contributed by atoms with Crippen LogP contribution in [0.1, 0.15) is 30.5 Å². The number of anilines is 1. The number of amides is 1. The second-order valence-electron chi connectivity index (χ2n) is 7.42. The zero-order valence-electron chi connectivity index (χ0n) is 18.5. The molecule has 7 heteroatoms. The molecule has 0 heterocycles. The number of nitrogens with one attached hydrogen (secondary N) is 1. The summed E-state index contributed by atoms with van der Waals surface area (Å²) in [5, 5.41) is 2.99. The Morgan fingerprint density at radius 3 is 2.19 bits per heavy atom. The van der Waals surface area contributed by atoms with Crippen LogP contribution in [0.4, 0.5) is 5.69 Å². The molecule has 0 bridgehead atoms. The number of para-hydroxylation sites is 1. The quantitative estimate of drug-likeness (QED) is 0.520. The molecule has 168 valence electrons. The summed E-state index contributed by atoms with van der Waals surface area (Å²) in [5.41, 5.74) is 2.34. The number of hydrogen-bond donors (Lipinski definition) is 1. The zero-order valence-corrected chi connectivity index (χ0v) is 19.3. The van der Waals surface area contributed by atoms with Gasteiger partial charge >= 0.3 is 0 Å². The maximum absolute atomic E-state index is 13.3. The first-order valence-electron chi connectivity index (χ1n) is 10.4. The highest BCUT2D eigenvalue weighted by atomic mass is 32.2. The van der Waals surface area contributed by atoms with Gasteiger partial charge in [0.25, 0.3) is 10.0 Å². The van der Waals surface area contributed by atoms with Gasteiger partial charge in [0.2, 0.25) is 5.91 Å². The van der Waals surface area contributed by atoms with E-state index in [0.717, 1.165) is 21.2 Å². The van der Waals surface area contributed by atoms with Crippen LogP contribution in [0.2, 0.25) is 0 Å². The molecule has 0 aliphatic heterocycles. The van der Waals surface area contributed by atoms with Crippen molar-refractivity contribution in [1.29, 1.82) is 0 Å². The summed E-state index contributed by atoms with van der Waals surface area (Å²) in [6.45, 7) is 3.59. The van der Waals surface area contributed by atoms with Gasteiger partial charge in [-0.2, -0.15) is 0 Å². The van der Waals surface area contributed by atoms with Gasteiger partial charge in [0.05, 0.1) is 23.7 Å². The summed E-state index contributed by atoms with van der Waals surface area (Å²) < 4.78 is 33.1. The Morgan fingerprint density at radius 1 is 1.00 bits per heavy atom. The van der Waals surface area contributed by atoms with Gasteiger partial charge in [-0.3, -0.25) is 9.10 Å². The smallest absolute Gasteiger partial charge is 0.264 e. The fraction of sp³-hybridized carbons (Fsp3) is 0.240. The zero-order chi connectivity index (χ0) is 23.1. The number of sulfonamides is 1. The van der Waals surface area contributed by atoms with Crippen molar-refractivity contribution in [3.05, 3.63) is 90.0 Å². The van der Waals surface area contributed by atoms with E-state index in [1.807, 2.05) is 32.0 Å². The molecule has 32 heavy (non-hydrogen) atoms. The van der Waals surface area contributed by atoms with Crippen LogP contribution < -0.4 is 14.4 Å². The third-order valence-corrected chi connectivity index (χ3v) is 7.02. The highest BCUT2D eigenvalue weighted by Crippen LogP contribution is 2.26. The van der Waals surface area contributed by atoms with E-state index in [9.17, 15) is 13.2 Å². The second-order valence-corrected chi connectivity index (χ2v) is 9.28. The third kappa shape index (κ3) is 5.29. The van der Waals surface area contributed by atoms with Crippen molar-refractivity contribution < 1.29 is 17.9 Å². The Morgan fingerprint density at radius 2 is 1.62 bits per heavy atom. The third-order valence-electron chi connectivity index (χ3n) is 5.23. The lowest BCUT2D eigenvalue weighted by Gasteiger charge is -2.26. The highest BCUT2D eigenvalue weighted by Gasteiger charge is 2.27. The Hall–Kier alpha value is -3.32. The monoisotopic (exact) mass is 452 g/mol. The van der Waals surface area contributed by atoms with Gasteiger partial charge in [0.1, 0.15) is 12.3 Å². The van der Waals surface area contributed by atoms with Crippen LogP contribution in [0.25, 0.3) is 0 Å². The summed E-state index contributed by atoms with van der Waals surface area (Å²) in [7, 11) is -2.30. The Bertz CT molecular complexity index is 1150. The molecule has 0 saturated heterocycles. The van der Waals surface area contributed by atoms with Gasteiger partial charge in [-0.05, 0) is 54.8 Å². The predicted molar refractivity (Wildman–Crippen MR) is 126 cm³/mol. The number of benzene rings is 3. The summed E-state index contributed by atoms with van der Waals surface area (Å²) in [6, 6.07) is 22.3. The molecule has 3 aromatic carbocycles. The van der Waals surface area contributed by atoms with Gasteiger partial charge in [0, 0.05) is 0 Å². The molecule has 0 saturated carbocycles. The number of hydrogen-bond acceptors (Lipinski definition) is 4. The highest BCUT2D eigenvalue weighted by molar-refractivity contribution is 7.92. The second kappa shape index (κ2) is 10.3. The van der Waals surface area contributed by atoms with Crippen molar-refractivity contribution >= 4 is 21.6 Å². The number of aryl methyl sites for hydroxylation is 1. The largest absolute Gasteiger partial charge is 0.496 e. The SMILES string of the molecule is CC[C@H](NC(=O)CN(c1ccccc1)S(=O)(=O)c1ccccc1)c1ccc(OC)c(C)c1. The van der Waals surface area contributed by atoms with Gasteiger partial charge in [0.15, 0.2) is 0 Å². The molecule has 0 aliphatic rings. The fourth-order valence-electron chi connectivity index (χ4n) is 3.54. The molecule has 0 aliphatic carbocycles. The van der Waals surface area contributed by atoms with Crippen LogP contribution >= 0.6 is 0 Å². The minimum Gasteiger partial charge on any atom is -0.496 e. The normalized spacial score (nSPS) is 12.1. The van der Waals surface area contributed by atoms with Crippen molar-refractivity contribution in [2.45, 2.75) is 31.2 Å². The van der Waals surface area contributed by atoms with Crippen molar-refractivity contribution in [3.63, 3.8) is 0 Å². The van der Waals surface area contributed by atoms with E-state index in [-0.39, 0.29) is 23.4 Å². The maximum Gasteiger partial charge on any atom is 0.264 e. The van der Waals surface area contributed by atoms with Crippen LogP contribution in [0.3, 0.4) is 0 Å². The number of nitrogens with zero attached hydrogens (tertiary/aromatic N) is 1. The number of carbonyl (C=O) groups is 1. The molecule has 1 N–H and O–H groups in total. The van der Waals surface area contributed by atoms with Crippen LogP contribution in [0.15, 0.2) is 83.8 Å². The van der Waals surface area contributed by atoms with Gasteiger partial charge in [-0.1, -0.05) is 55.5 Å². The van der Waals surface area contributed by atoms with Gasteiger partial charge in [-0.25, -0.2) is 8.42 Å². The molecule has 0 aromatic heterocycles. The molecule has 0 unspecified atom stereocenters. The Balaban J connectivity index is 1.86. The average molecular weight is 453 g/mol. The number of ether oxygens (including phenoxy) is 1. The van der Waals surface area contributed by atoms with E-state index in [4.69, 9.17) is 4.74 Å². The van der Waals surface area contributed by atoms with Gasteiger partial charge in [-0.15, -0.1) is 0 Å². The summed E-state index contributed by atoms with van der Waals surface area (Å²) in [5.74, 6) is 0.396. The predicted octanol–water partition coefficient (Wildman–Crippen LogP) is 4.47. The minimum absolute atomic E-state index is 0.134. The first-order valence-corrected chi connectivity index (χ1v) is 11.9. The van der Waals surface area contributed by atoms with Crippen LogP contribution in [-0.4, -0.2) is 28.0 Å². The Kier molecular flexibility index (Phi) is 7.53. The van der Waals surface area contributed by atoms with E-state index in [1.165, 1.54) is 12.1 Å². The molecule has 1 amide bonds. The fourth-order valence-corrected chi connectivity index (χ4v) is 4.98. The first-order chi connectivity index (χ1) is 15.4. The molecule has 0 radical (unpaired) electrons. The van der Waals surface area contributed by atoms with E-state index in [1.54, 1.807) is 55.6 Å². The molecule has 6 nitrogen and oxygen atoms in total. The van der Waals surface area contributed by atoms with E-state index >= 15 is 0 Å². The van der Waals surface area contributed by atoms with E-state index in [2.05, 4.69) is 5.32 Å². The molecule has 1 atom stereocenters. The summed E-state index contributed by atoms with van der Waals surface area (Å²) >= 11 is 0. The molecular weight excluding hydrogens is 424 g/mol. The molecule has 3 rings (SSSR count). The van der Waals surface area contributed by atoms with Crippen molar-refractivity contribution in [2.75, 3.05) is 18.0 Å². The lowest BCUT2D eigenvalue weighted by Crippen LogP contribution is -2.42. The van der Waals surface area contributed by atoms with Crippen molar-refractivity contribution in [2.24, 2.45) is 0 Å². The summed E-state index contributed by atoms with van der Waals surface area (Å²) in [6.07, 6.45) is 0.661. The van der Waals surface area contributed by atoms with E-state index in [0.29, 0.717) is 12.1 Å². The van der Waals surface area contributed by atoms with Crippen molar-refractivity contribution in [1.82, 2.24) is 5.32 Å². The molecule has 0 spiro atoms. The lowest BCUT2D eigenvalue weighted by atomic mass is 10.0. The average Bonchev–Trinajstić information content (AvgIpc) is 2.82. The topological polar surface area (TPSA) is 75.7 Å². The summed E-state index contributed by atoms with van der Waals surface area (Å²) in [4.78, 5) is 13.1. The maximum atomic E-state index is 13.3. The Labute approximate surface area is 189 Å². The molecular formula is C25H28N2O4S. The van der Waals surface area contributed by atoms with Crippen molar-refractivity contribution in [3.8, 4) is 5.75 Å². The molecule has 0 fully saturated rings. The molecule has 3 aromatic rings. The number of carbonyl (C=O) groups excluding carboxylic acids is 1. The van der Waals surface area contributed by atoms with Crippen LogP contribution in [0.5, 0.6) is 5.75 Å². The number of rotatable bonds is 9. The lowest BCUT2D eigenvalue weighted by molar-refractivity contribution is -0.120. The minimum atomic E-state index is -3.92. The standard InChI is InChI=1S/C25H28N2O4S/c1-4-23(20-15-16-24(31-3)19(2)17-20)26-25(28)18-27(21-11-7-5-8-12-21)32(29,30)22-13-9-6-10-14-22/h5-17,23H,4,18H2,1-3H3,(H,26,28)/t23-/m0/s1. The van der Waals surface area contributed by atoms with Crippen LogP contribution in [0, 0.1) is 6.92 Å². The van der Waals surface area contributed by atoms with E-state index < -0.39 is 10.0 Å². The van der Waals surface area contributed by atoms with Gasteiger partial charge < -0.3 is 10.1 Å². The van der Waals surface area contributed by atoms with Crippen LogP contribution in [-0.2, 0) is 14.8 Å².